The zero-order chi connectivity index (χ0) is 15.2. The molecule has 1 heterocycles. The highest BCUT2D eigenvalue weighted by Crippen LogP contribution is 2.09. The third-order valence-electron chi connectivity index (χ3n) is 3.15. The number of hydrogen-bond acceptors (Lipinski definition) is 2. The second-order valence-corrected chi connectivity index (χ2v) is 4.92. The molecule has 0 aliphatic rings. The maximum Gasteiger partial charge on any atom is 0.317 e. The first-order valence-corrected chi connectivity index (χ1v) is 6.70. The highest BCUT2D eigenvalue weighted by Gasteiger charge is 2.09. The van der Waals surface area contributed by atoms with Gasteiger partial charge in [-0.2, -0.15) is 0 Å². The first-order valence-electron chi connectivity index (χ1n) is 6.70. The molecule has 4 nitrogen and oxygen atoms in total. The van der Waals surface area contributed by atoms with E-state index in [1.165, 1.54) is 11.0 Å². The van der Waals surface area contributed by atoms with Crippen LogP contribution in [0.25, 0.3) is 0 Å². The standard InChI is InChI=1S/C16H18FN3O/c1-12-6-7-13(9-15(12)17)10-19-16(21)20(2)11-14-5-3-4-8-18-14/h3-9H,10-11H2,1-2H3,(H,19,21). The van der Waals surface area contributed by atoms with Crippen LogP contribution in [0.3, 0.4) is 0 Å². The van der Waals surface area contributed by atoms with Crippen molar-refractivity contribution in [2.45, 2.75) is 20.0 Å². The van der Waals surface area contributed by atoms with Crippen molar-refractivity contribution in [2.75, 3.05) is 7.05 Å². The van der Waals surface area contributed by atoms with Gasteiger partial charge in [-0.25, -0.2) is 9.18 Å². The smallest absolute Gasteiger partial charge is 0.317 e. The fourth-order valence-corrected chi connectivity index (χ4v) is 1.87. The SMILES string of the molecule is Cc1ccc(CNC(=O)N(C)Cc2ccccn2)cc1F. The van der Waals surface area contributed by atoms with Crippen LogP contribution in [0.15, 0.2) is 42.6 Å². The van der Waals surface area contributed by atoms with Gasteiger partial charge in [0.25, 0.3) is 0 Å². The highest BCUT2D eigenvalue weighted by atomic mass is 19.1. The molecule has 0 radical (unpaired) electrons. The van der Waals surface area contributed by atoms with Crippen molar-refractivity contribution in [1.82, 2.24) is 15.2 Å². The Bertz CT molecular complexity index is 616. The predicted octanol–water partition coefficient (Wildman–Crippen LogP) is 2.87. The Labute approximate surface area is 123 Å². The number of carbonyl (C=O) groups excluding carboxylic acids is 1. The normalized spacial score (nSPS) is 10.2. The largest absolute Gasteiger partial charge is 0.334 e. The summed E-state index contributed by atoms with van der Waals surface area (Å²) < 4.78 is 13.4. The summed E-state index contributed by atoms with van der Waals surface area (Å²) in [7, 11) is 1.69. The van der Waals surface area contributed by atoms with E-state index in [0.29, 0.717) is 18.7 Å². The molecule has 0 unspecified atom stereocenters. The number of aryl methyl sites for hydroxylation is 1. The lowest BCUT2D eigenvalue weighted by molar-refractivity contribution is 0.206. The molecule has 0 saturated heterocycles. The minimum Gasteiger partial charge on any atom is -0.334 e. The van der Waals surface area contributed by atoms with Gasteiger partial charge in [0.15, 0.2) is 0 Å². The van der Waals surface area contributed by atoms with Crippen molar-refractivity contribution in [1.29, 1.82) is 0 Å². The minimum absolute atomic E-state index is 0.221. The summed E-state index contributed by atoms with van der Waals surface area (Å²) in [4.78, 5) is 17.7. The Hall–Kier alpha value is -2.43. The van der Waals surface area contributed by atoms with Crippen molar-refractivity contribution < 1.29 is 9.18 Å². The van der Waals surface area contributed by atoms with E-state index in [9.17, 15) is 9.18 Å². The van der Waals surface area contributed by atoms with Gasteiger partial charge >= 0.3 is 6.03 Å². The quantitative estimate of drug-likeness (QED) is 0.939. The number of nitrogens with zero attached hydrogens (tertiary/aromatic N) is 2. The lowest BCUT2D eigenvalue weighted by atomic mass is 10.1. The van der Waals surface area contributed by atoms with E-state index in [-0.39, 0.29) is 11.8 Å². The Kier molecular flexibility index (Phi) is 4.87. The van der Waals surface area contributed by atoms with Crippen LogP contribution >= 0.6 is 0 Å². The first kappa shape index (κ1) is 15.0. The van der Waals surface area contributed by atoms with Gasteiger partial charge in [0, 0.05) is 19.8 Å². The Morgan fingerprint density at radius 1 is 1.33 bits per heavy atom. The van der Waals surface area contributed by atoms with Gasteiger partial charge in [-0.15, -0.1) is 0 Å². The lowest BCUT2D eigenvalue weighted by Crippen LogP contribution is -2.36. The molecule has 0 atom stereocenters. The summed E-state index contributed by atoms with van der Waals surface area (Å²) in [6.45, 7) is 2.43. The van der Waals surface area contributed by atoms with Gasteiger partial charge in [0.05, 0.1) is 12.2 Å². The molecule has 21 heavy (non-hydrogen) atoms. The average molecular weight is 287 g/mol. The molecular formula is C16H18FN3O. The number of carbonyl (C=O) groups is 1. The summed E-state index contributed by atoms with van der Waals surface area (Å²) in [5.74, 6) is -0.261. The number of nitrogens with one attached hydrogen (secondary N) is 1. The van der Waals surface area contributed by atoms with Gasteiger partial charge in [-0.3, -0.25) is 4.98 Å². The molecule has 0 fully saturated rings. The van der Waals surface area contributed by atoms with Crippen molar-refractivity contribution in [2.24, 2.45) is 0 Å². The fraction of sp³-hybridized carbons (Fsp3) is 0.250. The number of hydrogen-bond donors (Lipinski definition) is 1. The second kappa shape index (κ2) is 6.83. The summed E-state index contributed by atoms with van der Waals surface area (Å²) in [5, 5.41) is 2.76. The summed E-state index contributed by atoms with van der Waals surface area (Å²) in [6, 6.07) is 10.3. The molecule has 5 heteroatoms. The van der Waals surface area contributed by atoms with Gasteiger partial charge in [0.2, 0.25) is 0 Å². The topological polar surface area (TPSA) is 45.2 Å². The van der Waals surface area contributed by atoms with E-state index >= 15 is 0 Å². The predicted molar refractivity (Wildman–Crippen MR) is 79.1 cm³/mol. The fourth-order valence-electron chi connectivity index (χ4n) is 1.87. The van der Waals surface area contributed by atoms with Crippen LogP contribution in [0, 0.1) is 12.7 Å². The lowest BCUT2D eigenvalue weighted by Gasteiger charge is -2.17. The van der Waals surface area contributed by atoms with E-state index in [0.717, 1.165) is 11.3 Å². The zero-order valence-electron chi connectivity index (χ0n) is 12.1. The number of halogens is 1. The van der Waals surface area contributed by atoms with E-state index < -0.39 is 0 Å². The number of urea groups is 1. The molecule has 110 valence electrons. The van der Waals surface area contributed by atoms with E-state index in [1.807, 2.05) is 18.2 Å². The summed E-state index contributed by atoms with van der Waals surface area (Å²) in [5.41, 5.74) is 2.14. The van der Waals surface area contributed by atoms with Crippen LogP contribution in [0.5, 0.6) is 0 Å². The van der Waals surface area contributed by atoms with E-state index in [1.54, 1.807) is 32.3 Å². The second-order valence-electron chi connectivity index (χ2n) is 4.92. The number of benzene rings is 1. The Morgan fingerprint density at radius 2 is 2.14 bits per heavy atom. The van der Waals surface area contributed by atoms with E-state index in [2.05, 4.69) is 10.3 Å². The number of pyridine rings is 1. The van der Waals surface area contributed by atoms with Crippen LogP contribution in [-0.2, 0) is 13.1 Å². The van der Waals surface area contributed by atoms with Gasteiger partial charge < -0.3 is 10.2 Å². The van der Waals surface area contributed by atoms with Crippen LogP contribution < -0.4 is 5.32 Å². The van der Waals surface area contributed by atoms with Gasteiger partial charge in [0.1, 0.15) is 5.82 Å². The number of aromatic nitrogens is 1. The average Bonchev–Trinajstić information content (AvgIpc) is 2.49. The van der Waals surface area contributed by atoms with Gasteiger partial charge in [-0.1, -0.05) is 18.2 Å². The third kappa shape index (κ3) is 4.27. The molecular weight excluding hydrogens is 269 g/mol. The monoisotopic (exact) mass is 287 g/mol. The van der Waals surface area contributed by atoms with Crippen molar-refractivity contribution in [3.05, 3.63) is 65.2 Å². The molecule has 0 aliphatic heterocycles. The molecule has 1 N–H and O–H groups in total. The molecule has 0 saturated carbocycles. The maximum absolute atomic E-state index is 13.4. The Balaban J connectivity index is 1.87. The van der Waals surface area contributed by atoms with E-state index in [4.69, 9.17) is 0 Å². The molecule has 0 spiro atoms. The van der Waals surface area contributed by atoms with Crippen LogP contribution in [0.1, 0.15) is 16.8 Å². The molecule has 0 aliphatic carbocycles. The third-order valence-corrected chi connectivity index (χ3v) is 3.15. The van der Waals surface area contributed by atoms with Crippen molar-refractivity contribution in [3.8, 4) is 0 Å². The van der Waals surface area contributed by atoms with Crippen molar-refractivity contribution in [3.63, 3.8) is 0 Å². The highest BCUT2D eigenvalue weighted by molar-refractivity contribution is 5.73. The molecule has 2 rings (SSSR count). The molecule has 1 aromatic carbocycles. The number of amides is 2. The Morgan fingerprint density at radius 3 is 2.81 bits per heavy atom. The molecule has 1 aromatic heterocycles. The van der Waals surface area contributed by atoms with Crippen LogP contribution in [0.4, 0.5) is 9.18 Å². The first-order chi connectivity index (χ1) is 10.1. The number of rotatable bonds is 4. The van der Waals surface area contributed by atoms with Crippen molar-refractivity contribution >= 4 is 6.03 Å². The maximum atomic E-state index is 13.4. The zero-order valence-corrected chi connectivity index (χ0v) is 12.1. The summed E-state index contributed by atoms with van der Waals surface area (Å²) >= 11 is 0. The van der Waals surface area contributed by atoms with Gasteiger partial charge in [-0.05, 0) is 36.2 Å². The molecule has 2 aromatic rings. The summed E-state index contributed by atoms with van der Waals surface area (Å²) in [6.07, 6.45) is 1.69. The van der Waals surface area contributed by atoms with Crippen LogP contribution in [-0.4, -0.2) is 23.0 Å². The molecule has 2 amide bonds. The van der Waals surface area contributed by atoms with Crippen LogP contribution in [0.2, 0.25) is 0 Å². The minimum atomic E-state index is -0.261. The molecule has 0 bridgehead atoms.